The van der Waals surface area contributed by atoms with E-state index in [0.29, 0.717) is 6.54 Å². The molecule has 2 amide bonds. The largest absolute Gasteiger partial charge is 0.335 e. The van der Waals surface area contributed by atoms with Gasteiger partial charge in [0, 0.05) is 31.0 Å². The van der Waals surface area contributed by atoms with Gasteiger partial charge in [-0.05, 0) is 43.7 Å². The topological polar surface area (TPSA) is 58.4 Å². The van der Waals surface area contributed by atoms with E-state index in [1.165, 1.54) is 5.69 Å². The van der Waals surface area contributed by atoms with E-state index in [4.69, 9.17) is 4.98 Å². The number of rotatable bonds is 6. The Labute approximate surface area is 186 Å². The summed E-state index contributed by atoms with van der Waals surface area (Å²) in [6.45, 7) is 3.42. The number of nitrogens with zero attached hydrogens (tertiary/aromatic N) is 4. The van der Waals surface area contributed by atoms with E-state index >= 15 is 0 Å². The zero-order chi connectivity index (χ0) is 22.5. The van der Waals surface area contributed by atoms with Crippen molar-refractivity contribution in [3.63, 3.8) is 0 Å². The predicted molar refractivity (Wildman–Crippen MR) is 116 cm³/mol. The molecular weight excluding hydrogens is 414 g/mol. The number of unbranched alkanes of at least 4 members (excludes halogenated alkanes) is 1. The third-order valence-electron chi connectivity index (χ3n) is 7.13. The lowest BCUT2D eigenvalue weighted by Gasteiger charge is -2.46. The molecule has 1 fully saturated rings. The van der Waals surface area contributed by atoms with Crippen LogP contribution in [-0.4, -0.2) is 45.8 Å². The highest BCUT2D eigenvalue weighted by molar-refractivity contribution is 6.10. The van der Waals surface area contributed by atoms with Crippen molar-refractivity contribution >= 4 is 17.5 Å². The number of amides is 2. The van der Waals surface area contributed by atoms with Gasteiger partial charge in [-0.15, -0.1) is 0 Å². The van der Waals surface area contributed by atoms with Crippen molar-refractivity contribution in [3.05, 3.63) is 47.0 Å². The lowest BCUT2D eigenvalue weighted by atomic mass is 9.74. The first-order chi connectivity index (χ1) is 15.5. The van der Waals surface area contributed by atoms with Crippen LogP contribution >= 0.6 is 0 Å². The molecule has 0 saturated carbocycles. The molecule has 3 aliphatic rings. The first-order valence-corrected chi connectivity index (χ1v) is 11.5. The summed E-state index contributed by atoms with van der Waals surface area (Å²) >= 11 is 0. The number of halogens is 2. The molecule has 0 unspecified atom stereocenters. The molecule has 0 bridgehead atoms. The molecule has 8 heteroatoms. The molecule has 0 N–H and O–H groups in total. The number of para-hydroxylation sites is 1. The third-order valence-corrected chi connectivity index (χ3v) is 7.13. The quantitative estimate of drug-likeness (QED) is 0.689. The number of carbonyl (C=O) groups is 2. The zero-order valence-corrected chi connectivity index (χ0v) is 18.3. The van der Waals surface area contributed by atoms with Crippen molar-refractivity contribution in [2.75, 3.05) is 18.0 Å². The Balaban J connectivity index is 1.46. The summed E-state index contributed by atoms with van der Waals surface area (Å²) in [6, 6.07) is 7.52. The van der Waals surface area contributed by atoms with Gasteiger partial charge >= 0.3 is 6.43 Å². The smallest absolute Gasteiger partial charge is 0.315 e. The monoisotopic (exact) mass is 442 g/mol. The minimum atomic E-state index is -3.05. The highest BCUT2D eigenvalue weighted by atomic mass is 19.3. The number of carbonyl (C=O) groups excluding carboxylic acids is 2. The number of aryl methyl sites for hydroxylation is 1. The van der Waals surface area contributed by atoms with E-state index in [1.54, 1.807) is 4.90 Å². The van der Waals surface area contributed by atoms with E-state index in [0.717, 1.165) is 72.7 Å². The van der Waals surface area contributed by atoms with Crippen LogP contribution in [0.3, 0.4) is 0 Å². The van der Waals surface area contributed by atoms with E-state index in [2.05, 4.69) is 11.5 Å². The maximum Gasteiger partial charge on any atom is 0.315 e. The second kappa shape index (κ2) is 7.98. The number of hydrogen-bond acceptors (Lipinski definition) is 3. The molecule has 1 aliphatic carbocycles. The number of alkyl halides is 2. The van der Waals surface area contributed by atoms with Crippen LogP contribution in [0, 0.1) is 0 Å². The first kappa shape index (κ1) is 21.1. The van der Waals surface area contributed by atoms with Crippen LogP contribution in [0.5, 0.6) is 0 Å². The molecule has 2 aromatic rings. The summed E-state index contributed by atoms with van der Waals surface area (Å²) in [4.78, 5) is 33.2. The maximum absolute atomic E-state index is 13.6. The molecule has 0 atom stereocenters. The number of imidazole rings is 1. The highest BCUT2D eigenvalue weighted by Gasteiger charge is 2.59. The SMILES string of the molecule is CCCCn1c(CN2C(=O)C3(CN(C(=O)C(F)F)C3)c3ccccc32)nc2c1CCCC2. The van der Waals surface area contributed by atoms with E-state index in [-0.39, 0.29) is 19.0 Å². The van der Waals surface area contributed by atoms with Crippen LogP contribution < -0.4 is 4.90 Å². The van der Waals surface area contributed by atoms with Gasteiger partial charge < -0.3 is 14.4 Å². The van der Waals surface area contributed by atoms with Crippen molar-refractivity contribution < 1.29 is 18.4 Å². The van der Waals surface area contributed by atoms with E-state index < -0.39 is 17.7 Å². The van der Waals surface area contributed by atoms with Crippen molar-refractivity contribution in [1.29, 1.82) is 0 Å². The molecular formula is C24H28F2N4O2. The first-order valence-electron chi connectivity index (χ1n) is 11.5. The Morgan fingerprint density at radius 3 is 2.69 bits per heavy atom. The Kier molecular flexibility index (Phi) is 5.26. The Hall–Kier alpha value is -2.77. The number of benzene rings is 1. The summed E-state index contributed by atoms with van der Waals surface area (Å²) in [5, 5.41) is 0. The van der Waals surface area contributed by atoms with Crippen molar-refractivity contribution in [2.45, 2.75) is 70.4 Å². The average molecular weight is 443 g/mol. The van der Waals surface area contributed by atoms with Crippen LogP contribution in [0.1, 0.15) is 55.4 Å². The third kappa shape index (κ3) is 3.14. The van der Waals surface area contributed by atoms with Gasteiger partial charge in [-0.25, -0.2) is 4.98 Å². The molecule has 1 aromatic heterocycles. The van der Waals surface area contributed by atoms with Gasteiger partial charge in [0.15, 0.2) is 0 Å². The average Bonchev–Trinajstić information content (AvgIpc) is 3.23. The van der Waals surface area contributed by atoms with Crippen LogP contribution in [0.25, 0.3) is 0 Å². The van der Waals surface area contributed by atoms with Crippen molar-refractivity contribution in [1.82, 2.24) is 14.5 Å². The molecule has 0 radical (unpaired) electrons. The Morgan fingerprint density at radius 1 is 1.19 bits per heavy atom. The number of hydrogen-bond donors (Lipinski definition) is 0. The molecule has 1 aromatic carbocycles. The van der Waals surface area contributed by atoms with Gasteiger partial charge in [-0.3, -0.25) is 9.59 Å². The Morgan fingerprint density at radius 2 is 1.94 bits per heavy atom. The molecule has 1 spiro atoms. The fourth-order valence-corrected chi connectivity index (χ4v) is 5.46. The van der Waals surface area contributed by atoms with Crippen molar-refractivity contribution in [2.24, 2.45) is 0 Å². The summed E-state index contributed by atoms with van der Waals surface area (Å²) in [5.74, 6) is -0.437. The van der Waals surface area contributed by atoms with Crippen LogP contribution in [0.15, 0.2) is 24.3 Å². The minimum Gasteiger partial charge on any atom is -0.335 e. The highest BCUT2D eigenvalue weighted by Crippen LogP contribution is 2.48. The lowest BCUT2D eigenvalue weighted by Crippen LogP contribution is -2.66. The van der Waals surface area contributed by atoms with Gasteiger partial charge in [-0.1, -0.05) is 31.5 Å². The summed E-state index contributed by atoms with van der Waals surface area (Å²) in [5.41, 5.74) is 3.13. The van der Waals surface area contributed by atoms with Crippen LogP contribution in [-0.2, 0) is 40.9 Å². The van der Waals surface area contributed by atoms with Gasteiger partial charge in [0.25, 0.3) is 5.91 Å². The van der Waals surface area contributed by atoms with E-state index in [1.807, 2.05) is 24.3 Å². The maximum atomic E-state index is 13.6. The molecule has 1 saturated heterocycles. The number of likely N-dealkylation sites (tertiary alicyclic amines) is 1. The predicted octanol–water partition coefficient (Wildman–Crippen LogP) is 3.45. The molecule has 32 heavy (non-hydrogen) atoms. The van der Waals surface area contributed by atoms with Gasteiger partial charge in [-0.2, -0.15) is 8.78 Å². The minimum absolute atomic E-state index is 0.00327. The second-order valence-corrected chi connectivity index (χ2v) is 9.12. The molecule has 2 aliphatic heterocycles. The molecule has 5 rings (SSSR count). The zero-order valence-electron chi connectivity index (χ0n) is 18.3. The lowest BCUT2D eigenvalue weighted by molar-refractivity contribution is -0.153. The van der Waals surface area contributed by atoms with Crippen molar-refractivity contribution in [3.8, 4) is 0 Å². The van der Waals surface area contributed by atoms with Crippen LogP contribution in [0.4, 0.5) is 14.5 Å². The van der Waals surface area contributed by atoms with Gasteiger partial charge in [0.1, 0.15) is 11.2 Å². The Bertz CT molecular complexity index is 1060. The number of aromatic nitrogens is 2. The van der Waals surface area contributed by atoms with Crippen LogP contribution in [0.2, 0.25) is 0 Å². The van der Waals surface area contributed by atoms with Gasteiger partial charge in [0.05, 0.1) is 12.2 Å². The fraction of sp³-hybridized carbons (Fsp3) is 0.542. The number of fused-ring (bicyclic) bond motifs is 3. The summed E-state index contributed by atoms with van der Waals surface area (Å²) < 4.78 is 28.1. The number of anilines is 1. The molecule has 6 nitrogen and oxygen atoms in total. The summed E-state index contributed by atoms with van der Waals surface area (Å²) in [7, 11) is 0. The normalized spacial score (nSPS) is 18.8. The second-order valence-electron chi connectivity index (χ2n) is 9.12. The standard InChI is InChI=1S/C24H28F2N4O2/c1-2-3-12-29-19-11-7-5-9-17(19)27-20(29)13-30-18-10-6-4-8-16(18)24(23(30)32)14-28(15-24)22(31)21(25)26/h4,6,8,10,21H,2-3,5,7,9,11-15H2,1H3. The van der Waals surface area contributed by atoms with E-state index in [9.17, 15) is 18.4 Å². The summed E-state index contributed by atoms with van der Waals surface area (Å²) in [6.07, 6.45) is 3.37. The molecule has 170 valence electrons. The molecule has 3 heterocycles. The van der Waals surface area contributed by atoms with Gasteiger partial charge in [0.2, 0.25) is 5.91 Å². The fourth-order valence-electron chi connectivity index (χ4n) is 5.46.